The Labute approximate surface area is 76.8 Å². The van der Waals surface area contributed by atoms with E-state index in [2.05, 4.69) is 31.6 Å². The Morgan fingerprint density at radius 1 is 1.33 bits per heavy atom. The molecule has 0 aliphatic heterocycles. The Hall–Kier alpha value is -0.880. The van der Waals surface area contributed by atoms with Crippen molar-refractivity contribution in [2.24, 2.45) is 5.92 Å². The molecule has 0 heterocycles. The highest BCUT2D eigenvalue weighted by Gasteiger charge is 1.95. The second kappa shape index (κ2) is 8.22. The SMILES string of the molecule is C#CCCCCC(C)C#CCC. The first-order valence-electron chi connectivity index (χ1n) is 4.73. The normalized spacial score (nSPS) is 11.1. The van der Waals surface area contributed by atoms with E-state index in [1.54, 1.807) is 0 Å². The summed E-state index contributed by atoms with van der Waals surface area (Å²) in [4.78, 5) is 0. The summed E-state index contributed by atoms with van der Waals surface area (Å²) >= 11 is 0. The highest BCUT2D eigenvalue weighted by Crippen LogP contribution is 2.07. The van der Waals surface area contributed by atoms with Gasteiger partial charge >= 0.3 is 0 Å². The summed E-state index contributed by atoms with van der Waals surface area (Å²) in [5.41, 5.74) is 0. The number of unbranched alkanes of at least 4 members (excludes halogenated alkanes) is 2. The quantitative estimate of drug-likeness (QED) is 0.440. The van der Waals surface area contributed by atoms with Gasteiger partial charge in [0.25, 0.3) is 0 Å². The van der Waals surface area contributed by atoms with Crippen LogP contribution in [0.2, 0.25) is 0 Å². The van der Waals surface area contributed by atoms with Crippen LogP contribution in [-0.4, -0.2) is 0 Å². The van der Waals surface area contributed by atoms with E-state index < -0.39 is 0 Å². The lowest BCUT2D eigenvalue weighted by Crippen LogP contribution is -1.89. The van der Waals surface area contributed by atoms with E-state index in [1.807, 2.05) is 0 Å². The molecule has 0 saturated heterocycles. The second-order valence-electron chi connectivity index (χ2n) is 3.03. The summed E-state index contributed by atoms with van der Waals surface area (Å²) in [6, 6.07) is 0. The van der Waals surface area contributed by atoms with Gasteiger partial charge in [0.05, 0.1) is 0 Å². The maximum atomic E-state index is 5.15. The molecule has 0 heteroatoms. The van der Waals surface area contributed by atoms with Gasteiger partial charge in [0.1, 0.15) is 0 Å². The first kappa shape index (κ1) is 11.1. The highest BCUT2D eigenvalue weighted by molar-refractivity contribution is 5.01. The van der Waals surface area contributed by atoms with E-state index in [0.717, 1.165) is 19.3 Å². The molecule has 0 amide bonds. The van der Waals surface area contributed by atoms with E-state index in [1.165, 1.54) is 12.8 Å². The lowest BCUT2D eigenvalue weighted by Gasteiger charge is -2.01. The van der Waals surface area contributed by atoms with E-state index in [-0.39, 0.29) is 0 Å². The molecule has 12 heavy (non-hydrogen) atoms. The molecule has 0 aliphatic rings. The lowest BCUT2D eigenvalue weighted by molar-refractivity contribution is 0.601. The van der Waals surface area contributed by atoms with Gasteiger partial charge in [0.2, 0.25) is 0 Å². The van der Waals surface area contributed by atoms with E-state index in [0.29, 0.717) is 5.92 Å². The average molecular weight is 162 g/mol. The Bertz CT molecular complexity index is 184. The molecule has 0 aliphatic carbocycles. The van der Waals surface area contributed by atoms with Gasteiger partial charge in [0, 0.05) is 18.8 Å². The first-order valence-corrected chi connectivity index (χ1v) is 4.73. The Kier molecular flexibility index (Phi) is 7.62. The Morgan fingerprint density at radius 2 is 2.08 bits per heavy atom. The third-order valence-electron chi connectivity index (χ3n) is 1.73. The van der Waals surface area contributed by atoms with Crippen molar-refractivity contribution in [3.8, 4) is 24.2 Å². The molecule has 0 spiro atoms. The van der Waals surface area contributed by atoms with E-state index >= 15 is 0 Å². The first-order chi connectivity index (χ1) is 5.81. The van der Waals surface area contributed by atoms with Gasteiger partial charge in [-0.25, -0.2) is 0 Å². The van der Waals surface area contributed by atoms with Gasteiger partial charge in [-0.1, -0.05) is 20.3 Å². The molecule has 1 atom stereocenters. The monoisotopic (exact) mass is 162 g/mol. The maximum Gasteiger partial charge on any atom is 0.0174 e. The maximum absolute atomic E-state index is 5.15. The van der Waals surface area contributed by atoms with Crippen LogP contribution in [0.5, 0.6) is 0 Å². The van der Waals surface area contributed by atoms with Crippen molar-refractivity contribution in [1.29, 1.82) is 0 Å². The van der Waals surface area contributed by atoms with Crippen molar-refractivity contribution in [2.45, 2.75) is 46.0 Å². The fraction of sp³-hybridized carbons (Fsp3) is 0.667. The van der Waals surface area contributed by atoms with Gasteiger partial charge in [-0.05, 0) is 12.8 Å². The number of hydrogen-bond donors (Lipinski definition) is 0. The summed E-state index contributed by atoms with van der Waals surface area (Å²) in [5, 5.41) is 0. The minimum absolute atomic E-state index is 0.544. The third-order valence-corrected chi connectivity index (χ3v) is 1.73. The van der Waals surface area contributed by atoms with Crippen LogP contribution in [0.4, 0.5) is 0 Å². The zero-order valence-corrected chi connectivity index (χ0v) is 8.19. The molecule has 66 valence electrons. The van der Waals surface area contributed by atoms with Gasteiger partial charge in [-0.2, -0.15) is 0 Å². The molecule has 1 unspecified atom stereocenters. The van der Waals surface area contributed by atoms with Crippen molar-refractivity contribution in [3.63, 3.8) is 0 Å². The van der Waals surface area contributed by atoms with Gasteiger partial charge < -0.3 is 0 Å². The largest absolute Gasteiger partial charge is 0.120 e. The van der Waals surface area contributed by atoms with Gasteiger partial charge in [-0.3, -0.25) is 0 Å². The van der Waals surface area contributed by atoms with Crippen LogP contribution in [0.25, 0.3) is 0 Å². The molecule has 0 nitrogen and oxygen atoms in total. The molecule has 0 radical (unpaired) electrons. The summed E-state index contributed by atoms with van der Waals surface area (Å²) in [5.74, 6) is 9.50. The van der Waals surface area contributed by atoms with E-state index in [9.17, 15) is 0 Å². The van der Waals surface area contributed by atoms with Crippen LogP contribution >= 0.6 is 0 Å². The molecule has 0 bridgehead atoms. The van der Waals surface area contributed by atoms with Crippen LogP contribution in [0.1, 0.15) is 46.0 Å². The lowest BCUT2D eigenvalue weighted by atomic mass is 10.0. The summed E-state index contributed by atoms with van der Waals surface area (Å²) in [6.07, 6.45) is 10.6. The van der Waals surface area contributed by atoms with Crippen molar-refractivity contribution >= 4 is 0 Å². The summed E-state index contributed by atoms with van der Waals surface area (Å²) in [6.45, 7) is 4.26. The Balaban J connectivity index is 3.32. The third kappa shape index (κ3) is 7.23. The zero-order valence-electron chi connectivity index (χ0n) is 8.19. The molecule has 0 rings (SSSR count). The Morgan fingerprint density at radius 3 is 2.67 bits per heavy atom. The number of terminal acetylenes is 1. The fourth-order valence-corrected chi connectivity index (χ4v) is 1.03. The number of rotatable bonds is 4. The van der Waals surface area contributed by atoms with Crippen LogP contribution in [0.15, 0.2) is 0 Å². The van der Waals surface area contributed by atoms with Crippen LogP contribution in [-0.2, 0) is 0 Å². The smallest absolute Gasteiger partial charge is 0.0174 e. The minimum atomic E-state index is 0.544. The molecular formula is C12H18. The topological polar surface area (TPSA) is 0 Å². The second-order valence-corrected chi connectivity index (χ2v) is 3.03. The zero-order chi connectivity index (χ0) is 9.23. The molecular weight excluding hydrogens is 144 g/mol. The molecule has 0 aromatic rings. The molecule has 0 aromatic carbocycles. The van der Waals surface area contributed by atoms with Crippen molar-refractivity contribution in [3.05, 3.63) is 0 Å². The summed E-state index contributed by atoms with van der Waals surface area (Å²) < 4.78 is 0. The molecule has 0 saturated carbocycles. The predicted octanol–water partition coefficient (Wildman–Crippen LogP) is 3.23. The minimum Gasteiger partial charge on any atom is -0.120 e. The van der Waals surface area contributed by atoms with Crippen LogP contribution in [0, 0.1) is 30.1 Å². The van der Waals surface area contributed by atoms with E-state index in [4.69, 9.17) is 6.42 Å². The standard InChI is InChI=1S/C12H18/c1-4-6-8-9-11-12(3)10-7-5-2/h1,12H,5-6,8-9,11H2,2-3H3. The highest BCUT2D eigenvalue weighted by atomic mass is 14.0. The predicted molar refractivity (Wildman–Crippen MR) is 54.5 cm³/mol. The molecule has 0 N–H and O–H groups in total. The molecule has 0 aromatic heterocycles. The van der Waals surface area contributed by atoms with Gasteiger partial charge in [-0.15, -0.1) is 24.2 Å². The average Bonchev–Trinajstić information content (AvgIpc) is 2.09. The number of hydrogen-bond acceptors (Lipinski definition) is 0. The van der Waals surface area contributed by atoms with Crippen LogP contribution in [0.3, 0.4) is 0 Å². The van der Waals surface area contributed by atoms with Gasteiger partial charge in [0.15, 0.2) is 0 Å². The van der Waals surface area contributed by atoms with Crippen molar-refractivity contribution < 1.29 is 0 Å². The van der Waals surface area contributed by atoms with Crippen molar-refractivity contribution in [2.75, 3.05) is 0 Å². The van der Waals surface area contributed by atoms with Crippen molar-refractivity contribution in [1.82, 2.24) is 0 Å². The summed E-state index contributed by atoms with van der Waals surface area (Å²) in [7, 11) is 0. The van der Waals surface area contributed by atoms with Crippen LogP contribution < -0.4 is 0 Å². The fourth-order valence-electron chi connectivity index (χ4n) is 1.03. The molecule has 0 fully saturated rings.